The summed E-state index contributed by atoms with van der Waals surface area (Å²) in [5.41, 5.74) is 0.478. The number of rotatable bonds is 3. The highest BCUT2D eigenvalue weighted by molar-refractivity contribution is 9.11. The van der Waals surface area contributed by atoms with Crippen LogP contribution in [0.4, 0.5) is 11.4 Å². The highest BCUT2D eigenvalue weighted by Gasteiger charge is 2.14. The van der Waals surface area contributed by atoms with Gasteiger partial charge in [0.1, 0.15) is 10.8 Å². The van der Waals surface area contributed by atoms with E-state index in [2.05, 4.69) is 36.9 Å². The van der Waals surface area contributed by atoms with Gasteiger partial charge in [-0.3, -0.25) is 15.1 Å². The second-order valence-corrected chi connectivity index (χ2v) is 6.10. The number of nitrogens with zero attached hydrogens (tertiary/aromatic N) is 2. The molecule has 2 rings (SSSR count). The van der Waals surface area contributed by atoms with Gasteiger partial charge < -0.3 is 5.11 Å². The lowest BCUT2D eigenvalue weighted by Gasteiger charge is -2.03. The number of nitro benzene ring substituents is 1. The Morgan fingerprint density at radius 3 is 2.71 bits per heavy atom. The summed E-state index contributed by atoms with van der Waals surface area (Å²) >= 11 is 12.4. The van der Waals surface area contributed by atoms with Gasteiger partial charge in [-0.1, -0.05) is 33.6 Å². The fraction of sp³-hybridized carbons (Fsp3) is 0. The predicted octanol–water partition coefficient (Wildman–Crippen LogP) is 5.23. The summed E-state index contributed by atoms with van der Waals surface area (Å²) in [5, 5.41) is 20.7. The molecule has 2 aromatic carbocycles. The van der Waals surface area contributed by atoms with Crippen LogP contribution < -0.4 is 0 Å². The van der Waals surface area contributed by atoms with Gasteiger partial charge in [0.05, 0.1) is 15.1 Å². The van der Waals surface area contributed by atoms with Crippen LogP contribution in [0.3, 0.4) is 0 Å². The maximum Gasteiger partial charge on any atom is 0.290 e. The molecule has 0 atom stereocenters. The normalized spacial score (nSPS) is 11.0. The maximum atomic E-state index is 10.8. The number of phenolic OH excluding ortho intramolecular Hbond substituents is 1. The van der Waals surface area contributed by atoms with Crippen LogP contribution >= 0.6 is 43.5 Å². The molecule has 0 spiro atoms. The van der Waals surface area contributed by atoms with Crippen LogP contribution in [0, 0.1) is 10.1 Å². The van der Waals surface area contributed by atoms with E-state index in [9.17, 15) is 15.2 Å². The lowest BCUT2D eigenvalue weighted by atomic mass is 10.2. The molecule has 0 aliphatic rings. The van der Waals surface area contributed by atoms with Crippen LogP contribution in [-0.4, -0.2) is 16.2 Å². The molecule has 0 aromatic heterocycles. The second-order valence-electron chi connectivity index (χ2n) is 3.95. The number of halogens is 3. The number of phenols is 1. The van der Waals surface area contributed by atoms with Gasteiger partial charge >= 0.3 is 0 Å². The van der Waals surface area contributed by atoms with Crippen molar-refractivity contribution in [1.29, 1.82) is 0 Å². The Hall–Kier alpha value is -1.44. The zero-order valence-electron chi connectivity index (χ0n) is 10.3. The Morgan fingerprint density at radius 1 is 1.33 bits per heavy atom. The first-order valence-corrected chi connectivity index (χ1v) is 7.51. The molecule has 0 bridgehead atoms. The van der Waals surface area contributed by atoms with Crippen LogP contribution in [0.15, 0.2) is 44.3 Å². The van der Waals surface area contributed by atoms with Crippen LogP contribution in [0.25, 0.3) is 0 Å². The molecule has 8 heteroatoms. The summed E-state index contributed by atoms with van der Waals surface area (Å²) < 4.78 is 1.25. The van der Waals surface area contributed by atoms with Crippen molar-refractivity contribution in [3.8, 4) is 5.75 Å². The number of hydrogen-bond donors (Lipinski definition) is 1. The Bertz CT molecular complexity index is 750. The smallest absolute Gasteiger partial charge is 0.290 e. The van der Waals surface area contributed by atoms with Crippen molar-refractivity contribution in [2.45, 2.75) is 0 Å². The lowest BCUT2D eigenvalue weighted by Crippen LogP contribution is -1.89. The van der Waals surface area contributed by atoms with Gasteiger partial charge in [0, 0.05) is 22.3 Å². The number of aliphatic imine (C=N–C) groups is 1. The highest BCUT2D eigenvalue weighted by atomic mass is 79.9. The highest BCUT2D eigenvalue weighted by Crippen LogP contribution is 2.35. The molecule has 2 aromatic rings. The lowest BCUT2D eigenvalue weighted by molar-refractivity contribution is -0.384. The summed E-state index contributed by atoms with van der Waals surface area (Å²) in [6, 6.07) is 7.69. The van der Waals surface area contributed by atoms with Gasteiger partial charge in [0.25, 0.3) is 5.69 Å². The van der Waals surface area contributed by atoms with Crippen molar-refractivity contribution in [2.24, 2.45) is 4.99 Å². The fourth-order valence-corrected chi connectivity index (χ4v) is 3.07. The first kappa shape index (κ1) is 15.9. The van der Waals surface area contributed by atoms with Crippen molar-refractivity contribution >= 4 is 61.1 Å². The number of nitro groups is 1. The molecule has 0 aliphatic carbocycles. The second kappa shape index (κ2) is 6.55. The first-order valence-electron chi connectivity index (χ1n) is 5.55. The SMILES string of the molecule is O=[N+]([O-])c1cccc(/N=C/c2cc(Br)cc(Br)c2O)c1Cl. The average molecular weight is 434 g/mol. The monoisotopic (exact) mass is 432 g/mol. The van der Waals surface area contributed by atoms with Gasteiger partial charge in [0.15, 0.2) is 0 Å². The topological polar surface area (TPSA) is 75.7 Å². The van der Waals surface area contributed by atoms with Crippen LogP contribution in [-0.2, 0) is 0 Å². The summed E-state index contributed by atoms with van der Waals surface area (Å²) in [7, 11) is 0. The molecule has 0 aliphatic heterocycles. The largest absolute Gasteiger partial charge is 0.506 e. The van der Waals surface area contributed by atoms with Gasteiger partial charge in [-0.15, -0.1) is 0 Å². The third kappa shape index (κ3) is 3.61. The molecular weight excluding hydrogens is 427 g/mol. The van der Waals surface area contributed by atoms with Crippen LogP contribution in [0.1, 0.15) is 5.56 Å². The molecule has 0 heterocycles. The minimum Gasteiger partial charge on any atom is -0.506 e. The number of benzene rings is 2. The van der Waals surface area contributed by atoms with E-state index in [-0.39, 0.29) is 22.1 Å². The van der Waals surface area contributed by atoms with E-state index in [4.69, 9.17) is 11.6 Å². The molecule has 0 amide bonds. The van der Waals surface area contributed by atoms with Gasteiger partial charge in [-0.25, -0.2) is 0 Å². The van der Waals surface area contributed by atoms with E-state index >= 15 is 0 Å². The van der Waals surface area contributed by atoms with Gasteiger partial charge in [-0.2, -0.15) is 0 Å². The standard InChI is InChI=1S/C13H7Br2ClN2O3/c14-8-4-7(13(19)9(15)5-8)6-17-10-2-1-3-11(12(10)16)18(20)21/h1-6,19H/b17-6+. The van der Waals surface area contributed by atoms with E-state index in [1.165, 1.54) is 18.3 Å². The van der Waals surface area contributed by atoms with E-state index in [0.29, 0.717) is 10.0 Å². The minimum atomic E-state index is -0.575. The zero-order chi connectivity index (χ0) is 15.6. The number of hydrogen-bond acceptors (Lipinski definition) is 4. The molecule has 0 unspecified atom stereocenters. The van der Waals surface area contributed by atoms with Crippen molar-refractivity contribution in [1.82, 2.24) is 0 Å². The molecule has 0 saturated carbocycles. The van der Waals surface area contributed by atoms with Gasteiger partial charge in [-0.05, 0) is 34.1 Å². The summed E-state index contributed by atoms with van der Waals surface area (Å²) in [5.74, 6) is 0.0171. The van der Waals surface area contributed by atoms with E-state index in [0.717, 1.165) is 4.47 Å². The van der Waals surface area contributed by atoms with Crippen LogP contribution in [0.5, 0.6) is 5.75 Å². The Balaban J connectivity index is 2.43. The molecule has 0 fully saturated rings. The van der Waals surface area contributed by atoms with E-state index < -0.39 is 4.92 Å². The maximum absolute atomic E-state index is 10.8. The molecule has 0 saturated heterocycles. The Labute approximate surface area is 141 Å². The van der Waals surface area contributed by atoms with Crippen molar-refractivity contribution in [2.75, 3.05) is 0 Å². The zero-order valence-corrected chi connectivity index (χ0v) is 14.2. The predicted molar refractivity (Wildman–Crippen MR) is 88.9 cm³/mol. The van der Waals surface area contributed by atoms with E-state index in [1.54, 1.807) is 18.2 Å². The molecule has 21 heavy (non-hydrogen) atoms. The molecular formula is C13H7Br2ClN2O3. The van der Waals surface area contributed by atoms with Gasteiger partial charge in [0.2, 0.25) is 0 Å². The van der Waals surface area contributed by atoms with Crippen molar-refractivity contribution < 1.29 is 10.0 Å². The minimum absolute atomic E-state index is 0.0171. The number of aromatic hydroxyl groups is 1. The molecule has 1 N–H and O–H groups in total. The van der Waals surface area contributed by atoms with Crippen molar-refractivity contribution in [3.63, 3.8) is 0 Å². The summed E-state index contributed by atoms with van der Waals surface area (Å²) in [6.07, 6.45) is 1.38. The summed E-state index contributed by atoms with van der Waals surface area (Å²) in [6.45, 7) is 0. The molecule has 108 valence electrons. The summed E-state index contributed by atoms with van der Waals surface area (Å²) in [4.78, 5) is 14.3. The Kier molecular flexibility index (Phi) is 4.97. The van der Waals surface area contributed by atoms with Crippen LogP contribution in [0.2, 0.25) is 5.02 Å². The Morgan fingerprint density at radius 2 is 2.05 bits per heavy atom. The van der Waals surface area contributed by atoms with Crippen molar-refractivity contribution in [3.05, 3.63) is 60.0 Å². The fourth-order valence-electron chi connectivity index (χ4n) is 1.57. The third-order valence-corrected chi connectivity index (χ3v) is 4.00. The average Bonchev–Trinajstić information content (AvgIpc) is 2.42. The quantitative estimate of drug-likeness (QED) is 0.408. The third-order valence-electron chi connectivity index (χ3n) is 2.56. The molecule has 5 nitrogen and oxygen atoms in total. The first-order chi connectivity index (χ1) is 9.90. The molecule has 0 radical (unpaired) electrons. The van der Waals surface area contributed by atoms with E-state index in [1.807, 2.05) is 0 Å².